The Kier molecular flexibility index (Phi) is 3.86. The number of aromatic nitrogens is 4. The molecular weight excluding hydrogens is 318 g/mol. The molecule has 1 saturated heterocycles. The number of fused-ring (bicyclic) bond motifs is 1. The SMILES string of the molecule is C#CCn1c(=O)n(C2CCC(C(=O)OC)O2)c2nc(N)[nH]c(=O)c21. The molecule has 10 heteroatoms. The van der Waals surface area contributed by atoms with Crippen LogP contribution in [0, 0.1) is 12.3 Å². The van der Waals surface area contributed by atoms with E-state index in [1.54, 1.807) is 0 Å². The number of terminal acetylenes is 1. The van der Waals surface area contributed by atoms with Gasteiger partial charge in [0.15, 0.2) is 17.3 Å². The van der Waals surface area contributed by atoms with Gasteiger partial charge in [0.25, 0.3) is 5.56 Å². The normalized spacial score (nSPS) is 20.2. The second-order valence-electron chi connectivity index (χ2n) is 5.25. The average Bonchev–Trinajstić information content (AvgIpc) is 3.11. The fourth-order valence-corrected chi connectivity index (χ4v) is 2.81. The number of nitrogens with zero attached hydrogens (tertiary/aromatic N) is 3. The zero-order chi connectivity index (χ0) is 17.4. The lowest BCUT2D eigenvalue weighted by atomic mass is 10.2. The van der Waals surface area contributed by atoms with Crippen LogP contribution in [0.25, 0.3) is 11.2 Å². The van der Waals surface area contributed by atoms with Crippen LogP contribution in [-0.4, -0.2) is 38.3 Å². The highest BCUT2D eigenvalue weighted by molar-refractivity contribution is 5.75. The molecule has 1 aliphatic rings. The van der Waals surface area contributed by atoms with E-state index in [2.05, 4.69) is 20.6 Å². The van der Waals surface area contributed by atoms with Crippen LogP contribution in [0.5, 0.6) is 0 Å². The number of H-pyrrole nitrogens is 1. The van der Waals surface area contributed by atoms with Crippen molar-refractivity contribution in [1.29, 1.82) is 0 Å². The largest absolute Gasteiger partial charge is 0.467 e. The summed E-state index contributed by atoms with van der Waals surface area (Å²) in [6.45, 7) is -0.107. The molecule has 0 amide bonds. The van der Waals surface area contributed by atoms with Crippen LogP contribution >= 0.6 is 0 Å². The molecular formula is C14H15N5O5. The van der Waals surface area contributed by atoms with E-state index in [0.717, 1.165) is 4.57 Å². The van der Waals surface area contributed by atoms with Crippen molar-refractivity contribution in [3.05, 3.63) is 20.8 Å². The van der Waals surface area contributed by atoms with Crippen molar-refractivity contribution in [2.24, 2.45) is 0 Å². The maximum absolute atomic E-state index is 12.7. The minimum atomic E-state index is -0.780. The van der Waals surface area contributed by atoms with Gasteiger partial charge in [-0.15, -0.1) is 6.42 Å². The standard InChI is InChI=1S/C14H15N5O5/c1-3-6-18-9-10(16-13(15)17-11(9)20)19(14(18)22)8-5-4-7(24-8)12(21)23-2/h1,7-8H,4-6H2,2H3,(H3,15,16,17,20). The molecule has 0 saturated carbocycles. The summed E-state index contributed by atoms with van der Waals surface area (Å²) in [6.07, 6.45) is 4.48. The Morgan fingerprint density at radius 3 is 2.96 bits per heavy atom. The third-order valence-electron chi connectivity index (χ3n) is 3.83. The van der Waals surface area contributed by atoms with E-state index in [1.807, 2.05) is 0 Å². The maximum atomic E-state index is 12.7. The summed E-state index contributed by atoms with van der Waals surface area (Å²) in [5.74, 6) is 1.66. The molecule has 3 heterocycles. The van der Waals surface area contributed by atoms with Crippen molar-refractivity contribution < 1.29 is 14.3 Å². The highest BCUT2D eigenvalue weighted by Gasteiger charge is 2.35. The van der Waals surface area contributed by atoms with E-state index in [-0.39, 0.29) is 23.7 Å². The summed E-state index contributed by atoms with van der Waals surface area (Å²) in [5, 5.41) is 0. The number of nitrogens with one attached hydrogen (secondary N) is 1. The highest BCUT2D eigenvalue weighted by Crippen LogP contribution is 2.29. The molecule has 0 aliphatic carbocycles. The van der Waals surface area contributed by atoms with Crippen molar-refractivity contribution >= 4 is 23.1 Å². The van der Waals surface area contributed by atoms with Crippen LogP contribution in [0.2, 0.25) is 0 Å². The van der Waals surface area contributed by atoms with Crippen LogP contribution in [0.15, 0.2) is 9.59 Å². The number of methoxy groups -OCH3 is 1. The van der Waals surface area contributed by atoms with Gasteiger partial charge in [-0.25, -0.2) is 14.2 Å². The molecule has 24 heavy (non-hydrogen) atoms. The van der Waals surface area contributed by atoms with Crippen LogP contribution in [0.4, 0.5) is 5.95 Å². The van der Waals surface area contributed by atoms with Crippen LogP contribution in [0.3, 0.4) is 0 Å². The molecule has 2 unspecified atom stereocenters. The number of aromatic amines is 1. The van der Waals surface area contributed by atoms with E-state index in [1.165, 1.54) is 11.7 Å². The fourth-order valence-electron chi connectivity index (χ4n) is 2.81. The van der Waals surface area contributed by atoms with E-state index in [0.29, 0.717) is 12.8 Å². The van der Waals surface area contributed by atoms with Gasteiger partial charge in [0.1, 0.15) is 6.23 Å². The van der Waals surface area contributed by atoms with Crippen molar-refractivity contribution in [3.63, 3.8) is 0 Å². The summed E-state index contributed by atoms with van der Waals surface area (Å²) in [5.41, 5.74) is 4.52. The number of carbonyl (C=O) groups is 1. The highest BCUT2D eigenvalue weighted by atomic mass is 16.6. The monoisotopic (exact) mass is 333 g/mol. The van der Waals surface area contributed by atoms with Crippen molar-refractivity contribution in [2.75, 3.05) is 12.8 Å². The lowest BCUT2D eigenvalue weighted by Gasteiger charge is -2.13. The number of imidazole rings is 1. The molecule has 1 aliphatic heterocycles. The Morgan fingerprint density at radius 1 is 1.54 bits per heavy atom. The molecule has 126 valence electrons. The van der Waals surface area contributed by atoms with Crippen molar-refractivity contribution in [3.8, 4) is 12.3 Å². The maximum Gasteiger partial charge on any atom is 0.335 e. The number of carbonyl (C=O) groups excluding carboxylic acids is 1. The topological polar surface area (TPSA) is 134 Å². The summed E-state index contributed by atoms with van der Waals surface area (Å²) in [7, 11) is 1.26. The molecule has 2 atom stereocenters. The molecule has 2 aromatic rings. The van der Waals surface area contributed by atoms with Crippen LogP contribution in [-0.2, 0) is 20.8 Å². The Hall–Kier alpha value is -3.06. The minimum Gasteiger partial charge on any atom is -0.467 e. The summed E-state index contributed by atoms with van der Waals surface area (Å²) in [6, 6.07) is 0. The van der Waals surface area contributed by atoms with E-state index < -0.39 is 29.6 Å². The number of nitrogen functional groups attached to an aromatic ring is 1. The first kappa shape index (κ1) is 15.8. The lowest BCUT2D eigenvalue weighted by Crippen LogP contribution is -2.29. The zero-order valence-electron chi connectivity index (χ0n) is 12.8. The van der Waals surface area contributed by atoms with Gasteiger partial charge in [-0.2, -0.15) is 4.98 Å². The first-order chi connectivity index (χ1) is 11.5. The molecule has 3 rings (SSSR count). The molecule has 0 spiro atoms. The predicted molar refractivity (Wildman–Crippen MR) is 83.0 cm³/mol. The van der Waals surface area contributed by atoms with Gasteiger partial charge >= 0.3 is 11.7 Å². The van der Waals surface area contributed by atoms with Crippen molar-refractivity contribution in [2.45, 2.75) is 31.7 Å². The van der Waals surface area contributed by atoms with Gasteiger partial charge in [0.2, 0.25) is 5.95 Å². The quantitative estimate of drug-likeness (QED) is 0.541. The zero-order valence-corrected chi connectivity index (χ0v) is 12.8. The third kappa shape index (κ3) is 2.35. The molecule has 0 bridgehead atoms. The van der Waals surface area contributed by atoms with Gasteiger partial charge in [0, 0.05) is 0 Å². The number of hydrogen-bond acceptors (Lipinski definition) is 7. The number of anilines is 1. The second-order valence-corrected chi connectivity index (χ2v) is 5.25. The van der Waals surface area contributed by atoms with Crippen LogP contribution < -0.4 is 17.0 Å². The first-order valence-corrected chi connectivity index (χ1v) is 7.15. The molecule has 0 aromatic carbocycles. The summed E-state index contributed by atoms with van der Waals surface area (Å²) < 4.78 is 12.6. The van der Waals surface area contributed by atoms with Crippen molar-refractivity contribution in [1.82, 2.24) is 19.1 Å². The number of esters is 1. The Balaban J connectivity index is 2.17. The minimum absolute atomic E-state index is 0.0114. The molecule has 1 fully saturated rings. The van der Waals surface area contributed by atoms with Gasteiger partial charge < -0.3 is 15.2 Å². The predicted octanol–water partition coefficient (Wildman–Crippen LogP) is -1.05. The van der Waals surface area contributed by atoms with Gasteiger partial charge in [-0.3, -0.25) is 14.3 Å². The van der Waals surface area contributed by atoms with E-state index in [9.17, 15) is 14.4 Å². The summed E-state index contributed by atoms with van der Waals surface area (Å²) >= 11 is 0. The number of rotatable bonds is 3. The number of nitrogens with two attached hydrogens (primary N) is 1. The van der Waals surface area contributed by atoms with E-state index >= 15 is 0 Å². The molecule has 10 nitrogen and oxygen atoms in total. The Bertz CT molecular complexity index is 963. The number of hydrogen-bond donors (Lipinski definition) is 2. The van der Waals surface area contributed by atoms with E-state index in [4.69, 9.17) is 16.9 Å². The van der Waals surface area contributed by atoms with Gasteiger partial charge in [-0.1, -0.05) is 5.92 Å². The smallest absolute Gasteiger partial charge is 0.335 e. The van der Waals surface area contributed by atoms with Gasteiger partial charge in [-0.05, 0) is 12.8 Å². The number of ether oxygens (including phenoxy) is 2. The second kappa shape index (κ2) is 5.86. The average molecular weight is 333 g/mol. The van der Waals surface area contributed by atoms with Gasteiger partial charge in [0.05, 0.1) is 13.7 Å². The molecule has 3 N–H and O–H groups in total. The Labute approximate surface area is 135 Å². The first-order valence-electron chi connectivity index (χ1n) is 7.15. The van der Waals surface area contributed by atoms with Crippen LogP contribution in [0.1, 0.15) is 19.1 Å². The third-order valence-corrected chi connectivity index (χ3v) is 3.83. The Morgan fingerprint density at radius 2 is 2.29 bits per heavy atom. The summed E-state index contributed by atoms with van der Waals surface area (Å²) in [4.78, 5) is 42.8. The molecule has 0 radical (unpaired) electrons. The fraction of sp³-hybridized carbons (Fsp3) is 0.429. The molecule has 2 aromatic heterocycles. The lowest BCUT2D eigenvalue weighted by molar-refractivity contribution is -0.155.